The van der Waals surface area contributed by atoms with Crippen molar-refractivity contribution in [2.75, 3.05) is 21.0 Å². The average Bonchev–Trinajstić information content (AvgIpc) is 3.12. The topological polar surface area (TPSA) is 96.0 Å². The SMILES string of the molecule is COc1cc(Br)c([C@@H]2C(C#N)=C(N)Oc3cc4c(cc32)OCO4)cc1OC. The molecule has 2 aromatic rings. The van der Waals surface area contributed by atoms with Crippen molar-refractivity contribution in [2.24, 2.45) is 5.73 Å². The maximum atomic E-state index is 9.74. The molecule has 8 heteroatoms. The second-order valence-electron chi connectivity index (χ2n) is 5.90. The van der Waals surface area contributed by atoms with Crippen molar-refractivity contribution in [3.05, 3.63) is 51.3 Å². The Labute approximate surface area is 164 Å². The van der Waals surface area contributed by atoms with Crippen molar-refractivity contribution >= 4 is 15.9 Å². The van der Waals surface area contributed by atoms with Crippen LogP contribution in [0.15, 0.2) is 40.2 Å². The maximum Gasteiger partial charge on any atom is 0.231 e. The number of allylic oxidation sites excluding steroid dienone is 1. The van der Waals surface area contributed by atoms with Crippen LogP contribution in [0, 0.1) is 11.3 Å². The molecule has 138 valence electrons. The number of methoxy groups -OCH3 is 2. The highest BCUT2D eigenvalue weighted by molar-refractivity contribution is 9.10. The summed E-state index contributed by atoms with van der Waals surface area (Å²) in [6.07, 6.45) is 0. The largest absolute Gasteiger partial charge is 0.493 e. The number of benzene rings is 2. The molecule has 4 rings (SSSR count). The molecule has 0 aliphatic carbocycles. The molecule has 0 saturated heterocycles. The molecule has 0 bridgehead atoms. The summed E-state index contributed by atoms with van der Waals surface area (Å²) < 4.78 is 28.1. The van der Waals surface area contributed by atoms with E-state index in [4.69, 9.17) is 29.4 Å². The highest BCUT2D eigenvalue weighted by Gasteiger charge is 2.34. The van der Waals surface area contributed by atoms with E-state index in [1.807, 2.05) is 12.1 Å². The molecule has 2 N–H and O–H groups in total. The van der Waals surface area contributed by atoms with E-state index in [1.165, 1.54) is 0 Å². The Balaban J connectivity index is 1.95. The fourth-order valence-corrected chi connectivity index (χ4v) is 3.81. The van der Waals surface area contributed by atoms with Crippen LogP contribution in [-0.2, 0) is 0 Å². The fourth-order valence-electron chi connectivity index (χ4n) is 3.26. The normalized spacial score (nSPS) is 17.0. The van der Waals surface area contributed by atoms with Crippen LogP contribution in [-0.4, -0.2) is 21.0 Å². The van der Waals surface area contributed by atoms with Crippen molar-refractivity contribution < 1.29 is 23.7 Å². The lowest BCUT2D eigenvalue weighted by molar-refractivity contribution is 0.174. The molecule has 2 aliphatic heterocycles. The minimum atomic E-state index is -0.470. The predicted octanol–water partition coefficient (Wildman–Crippen LogP) is 3.41. The molecule has 27 heavy (non-hydrogen) atoms. The number of nitrogens with two attached hydrogens (primary N) is 1. The van der Waals surface area contributed by atoms with Gasteiger partial charge in [0.2, 0.25) is 12.7 Å². The molecule has 2 aliphatic rings. The number of hydrogen-bond donors (Lipinski definition) is 1. The molecule has 0 spiro atoms. The highest BCUT2D eigenvalue weighted by atomic mass is 79.9. The zero-order valence-electron chi connectivity index (χ0n) is 14.5. The predicted molar refractivity (Wildman–Crippen MR) is 99.1 cm³/mol. The highest BCUT2D eigenvalue weighted by Crippen LogP contribution is 2.50. The van der Waals surface area contributed by atoms with Gasteiger partial charge in [-0.15, -0.1) is 0 Å². The van der Waals surface area contributed by atoms with Crippen LogP contribution in [0.1, 0.15) is 17.0 Å². The Hall–Kier alpha value is -3.05. The summed E-state index contributed by atoms with van der Waals surface area (Å²) in [6, 6.07) is 9.32. The average molecular weight is 431 g/mol. The van der Waals surface area contributed by atoms with Crippen LogP contribution in [0.25, 0.3) is 0 Å². The smallest absolute Gasteiger partial charge is 0.231 e. The second-order valence-corrected chi connectivity index (χ2v) is 6.75. The monoisotopic (exact) mass is 430 g/mol. The van der Waals surface area contributed by atoms with E-state index < -0.39 is 5.92 Å². The Bertz CT molecular complexity index is 1010. The van der Waals surface area contributed by atoms with Crippen molar-refractivity contribution in [1.82, 2.24) is 0 Å². The lowest BCUT2D eigenvalue weighted by atomic mass is 9.83. The summed E-state index contributed by atoms with van der Waals surface area (Å²) in [5.41, 5.74) is 7.88. The van der Waals surface area contributed by atoms with Crippen molar-refractivity contribution in [2.45, 2.75) is 5.92 Å². The molecule has 2 heterocycles. The summed E-state index contributed by atoms with van der Waals surface area (Å²) in [4.78, 5) is 0. The van der Waals surface area contributed by atoms with Crippen LogP contribution in [0.3, 0.4) is 0 Å². The number of nitriles is 1. The van der Waals surface area contributed by atoms with E-state index in [0.717, 1.165) is 15.6 Å². The fraction of sp³-hybridized carbons (Fsp3) is 0.211. The Morgan fingerprint density at radius 3 is 2.37 bits per heavy atom. The van der Waals surface area contributed by atoms with E-state index in [1.54, 1.807) is 26.4 Å². The van der Waals surface area contributed by atoms with Gasteiger partial charge < -0.3 is 29.4 Å². The van der Waals surface area contributed by atoms with Gasteiger partial charge in [-0.2, -0.15) is 5.26 Å². The number of halogens is 1. The first-order chi connectivity index (χ1) is 13.1. The van der Waals surface area contributed by atoms with Crippen LogP contribution < -0.4 is 29.4 Å². The number of rotatable bonds is 3. The lowest BCUT2D eigenvalue weighted by Gasteiger charge is -2.27. The van der Waals surface area contributed by atoms with Gasteiger partial charge in [-0.05, 0) is 23.8 Å². The first-order valence-corrected chi connectivity index (χ1v) is 8.79. The zero-order chi connectivity index (χ0) is 19.1. The summed E-state index contributed by atoms with van der Waals surface area (Å²) in [5.74, 6) is 2.38. The van der Waals surface area contributed by atoms with Crippen LogP contribution in [0.4, 0.5) is 0 Å². The minimum Gasteiger partial charge on any atom is -0.493 e. The molecule has 7 nitrogen and oxygen atoms in total. The van der Waals surface area contributed by atoms with Crippen molar-refractivity contribution in [3.63, 3.8) is 0 Å². The molecule has 0 radical (unpaired) electrons. The molecule has 0 amide bonds. The number of hydrogen-bond acceptors (Lipinski definition) is 7. The van der Waals surface area contributed by atoms with E-state index in [0.29, 0.717) is 34.3 Å². The molecular weight excluding hydrogens is 416 g/mol. The van der Waals surface area contributed by atoms with E-state index in [-0.39, 0.29) is 12.7 Å². The summed E-state index contributed by atoms with van der Waals surface area (Å²) in [7, 11) is 3.12. The van der Waals surface area contributed by atoms with Crippen LogP contribution in [0.2, 0.25) is 0 Å². The third-order valence-corrected chi connectivity index (χ3v) is 5.21. The quantitative estimate of drug-likeness (QED) is 0.796. The molecule has 2 aromatic carbocycles. The van der Waals surface area contributed by atoms with Gasteiger partial charge in [0.05, 0.1) is 20.1 Å². The minimum absolute atomic E-state index is 0.0514. The molecular formula is C19H15BrN2O5. The third-order valence-electron chi connectivity index (χ3n) is 4.52. The Morgan fingerprint density at radius 1 is 1.04 bits per heavy atom. The van der Waals surface area contributed by atoms with Crippen LogP contribution in [0.5, 0.6) is 28.7 Å². The summed E-state index contributed by atoms with van der Waals surface area (Å²) in [6.45, 7) is 0.136. The van der Waals surface area contributed by atoms with E-state index in [9.17, 15) is 5.26 Å². The van der Waals surface area contributed by atoms with E-state index >= 15 is 0 Å². The first kappa shape index (κ1) is 17.4. The van der Waals surface area contributed by atoms with E-state index in [2.05, 4.69) is 22.0 Å². The zero-order valence-corrected chi connectivity index (χ0v) is 16.1. The van der Waals surface area contributed by atoms with Gasteiger partial charge in [-0.3, -0.25) is 0 Å². The first-order valence-electron chi connectivity index (χ1n) is 8.00. The summed E-state index contributed by atoms with van der Waals surface area (Å²) >= 11 is 3.57. The molecule has 0 saturated carbocycles. The Morgan fingerprint density at radius 2 is 1.70 bits per heavy atom. The number of fused-ring (bicyclic) bond motifs is 2. The molecule has 0 unspecified atom stereocenters. The summed E-state index contributed by atoms with van der Waals surface area (Å²) in [5, 5.41) is 9.74. The molecule has 0 aromatic heterocycles. The van der Waals surface area contributed by atoms with Gasteiger partial charge in [0.15, 0.2) is 23.0 Å². The third kappa shape index (κ3) is 2.71. The van der Waals surface area contributed by atoms with Gasteiger partial charge >= 0.3 is 0 Å². The van der Waals surface area contributed by atoms with Gasteiger partial charge in [0.1, 0.15) is 17.4 Å². The molecule has 0 fully saturated rings. The lowest BCUT2D eigenvalue weighted by Crippen LogP contribution is -2.21. The molecule has 1 atom stereocenters. The second kappa shape index (κ2) is 6.59. The van der Waals surface area contributed by atoms with Crippen molar-refractivity contribution in [3.8, 4) is 34.8 Å². The van der Waals surface area contributed by atoms with Gasteiger partial charge in [-0.25, -0.2) is 0 Å². The van der Waals surface area contributed by atoms with Crippen LogP contribution >= 0.6 is 15.9 Å². The Kier molecular flexibility index (Phi) is 4.24. The van der Waals surface area contributed by atoms with Gasteiger partial charge in [0.25, 0.3) is 0 Å². The van der Waals surface area contributed by atoms with Gasteiger partial charge in [0, 0.05) is 16.1 Å². The standard InChI is InChI=1S/C19H15BrN2O5/c1-23-14-3-9(12(20)5-15(14)24-2)18-10-4-16-17(26-8-25-16)6-13(10)27-19(22)11(18)7-21/h3-6,18H,8,22H2,1-2H3/t18-/m0/s1. The number of ether oxygens (including phenoxy) is 5. The number of nitrogens with zero attached hydrogens (tertiary/aromatic N) is 1. The maximum absolute atomic E-state index is 9.74. The van der Waals surface area contributed by atoms with Gasteiger partial charge in [-0.1, -0.05) is 15.9 Å². The van der Waals surface area contributed by atoms with Crippen molar-refractivity contribution in [1.29, 1.82) is 5.26 Å².